The quantitative estimate of drug-likeness (QED) is 0.752. The first-order valence-electron chi connectivity index (χ1n) is 10.0. The lowest BCUT2D eigenvalue weighted by Crippen LogP contribution is -2.44. The van der Waals surface area contributed by atoms with Crippen LogP contribution in [0.4, 0.5) is 0 Å². The zero-order chi connectivity index (χ0) is 19.6. The number of piperidine rings is 1. The maximum Gasteiger partial charge on any atom is 0.246 e. The summed E-state index contributed by atoms with van der Waals surface area (Å²) in [5.41, 5.74) is 4.80. The highest BCUT2D eigenvalue weighted by Gasteiger charge is 2.37. The van der Waals surface area contributed by atoms with E-state index in [-0.39, 0.29) is 5.91 Å². The van der Waals surface area contributed by atoms with Crippen LogP contribution in [-0.2, 0) is 10.3 Å². The van der Waals surface area contributed by atoms with E-state index in [9.17, 15) is 4.79 Å². The Morgan fingerprint density at radius 1 is 1.32 bits per heavy atom. The molecule has 2 atom stereocenters. The van der Waals surface area contributed by atoms with Crippen LogP contribution in [0.15, 0.2) is 72.6 Å². The van der Waals surface area contributed by atoms with Gasteiger partial charge >= 0.3 is 0 Å². The van der Waals surface area contributed by atoms with Gasteiger partial charge in [-0.15, -0.1) is 0 Å². The second-order valence-electron chi connectivity index (χ2n) is 7.52. The van der Waals surface area contributed by atoms with Crippen molar-refractivity contribution in [2.75, 3.05) is 6.54 Å². The Morgan fingerprint density at radius 3 is 2.96 bits per heavy atom. The minimum Gasteiger partial charge on any atom is -0.336 e. The molecular formula is C23H26ClN3O. The summed E-state index contributed by atoms with van der Waals surface area (Å²) in [6, 6.07) is 8.12. The third kappa shape index (κ3) is 3.54. The van der Waals surface area contributed by atoms with E-state index in [1.54, 1.807) is 6.08 Å². The number of halogens is 1. The van der Waals surface area contributed by atoms with Crippen LogP contribution in [0, 0.1) is 0 Å². The Kier molecular flexibility index (Phi) is 5.42. The summed E-state index contributed by atoms with van der Waals surface area (Å²) < 4.78 is 0. The maximum absolute atomic E-state index is 13.0. The van der Waals surface area contributed by atoms with Gasteiger partial charge in [-0.2, -0.15) is 0 Å². The van der Waals surface area contributed by atoms with Gasteiger partial charge in [0, 0.05) is 35.4 Å². The predicted molar refractivity (Wildman–Crippen MR) is 113 cm³/mol. The van der Waals surface area contributed by atoms with E-state index in [1.807, 2.05) is 64.7 Å². The molecule has 0 radical (unpaired) electrons. The van der Waals surface area contributed by atoms with Crippen LogP contribution in [0.1, 0.15) is 38.2 Å². The Hall–Kier alpha value is -2.30. The number of allylic oxidation sites excluding steroid dienone is 3. The van der Waals surface area contributed by atoms with Crippen LogP contribution in [-0.4, -0.2) is 28.4 Å². The van der Waals surface area contributed by atoms with Gasteiger partial charge in [0.2, 0.25) is 5.91 Å². The van der Waals surface area contributed by atoms with Crippen molar-refractivity contribution in [1.82, 2.24) is 15.3 Å². The Balaban J connectivity index is 1.68. The number of fused-ring (bicyclic) bond motifs is 1. The molecule has 0 aromatic heterocycles. The highest BCUT2D eigenvalue weighted by Crippen LogP contribution is 2.37. The number of rotatable bonds is 4. The van der Waals surface area contributed by atoms with E-state index in [0.29, 0.717) is 11.1 Å². The summed E-state index contributed by atoms with van der Waals surface area (Å²) in [7, 11) is 0. The molecule has 0 bridgehead atoms. The predicted octanol–water partition coefficient (Wildman–Crippen LogP) is 4.67. The molecule has 0 saturated carbocycles. The first kappa shape index (κ1) is 19.0. The van der Waals surface area contributed by atoms with Crippen molar-refractivity contribution in [1.29, 1.82) is 0 Å². The van der Waals surface area contributed by atoms with Gasteiger partial charge in [0.25, 0.3) is 0 Å². The lowest BCUT2D eigenvalue weighted by Gasteiger charge is -2.35. The number of carbonyl (C=O) groups is 1. The number of amides is 1. The molecule has 4 rings (SSSR count). The molecule has 146 valence electrons. The number of nitrogens with zero attached hydrogens (tertiary/aromatic N) is 2. The smallest absolute Gasteiger partial charge is 0.246 e. The lowest BCUT2D eigenvalue weighted by atomic mass is 9.89. The van der Waals surface area contributed by atoms with Crippen LogP contribution in [0.5, 0.6) is 0 Å². The average molecular weight is 396 g/mol. The fraction of sp³-hybridized carbons (Fsp3) is 0.348. The van der Waals surface area contributed by atoms with Crippen molar-refractivity contribution in [3.8, 4) is 0 Å². The van der Waals surface area contributed by atoms with Crippen molar-refractivity contribution in [2.45, 2.75) is 44.2 Å². The van der Waals surface area contributed by atoms with Crippen LogP contribution < -0.4 is 5.43 Å². The molecule has 3 aliphatic rings. The lowest BCUT2D eigenvalue weighted by molar-refractivity contribution is -0.129. The molecule has 28 heavy (non-hydrogen) atoms. The van der Waals surface area contributed by atoms with Crippen LogP contribution in [0.25, 0.3) is 0 Å². The van der Waals surface area contributed by atoms with E-state index >= 15 is 0 Å². The summed E-state index contributed by atoms with van der Waals surface area (Å²) >= 11 is 6.55. The standard InChI is InChI=1S/C23H26ClN3O/c1-2-18-9-5-7-15-26(18)22(28)13-14-23(20-11-3-4-12-21(20)24)17-19-10-6-8-16-27(19)25-23/h3-4,6,8,10-14,16-18,25H,2,5,7,9,15H2,1H3. The fourth-order valence-corrected chi connectivity index (χ4v) is 4.56. The van der Waals surface area contributed by atoms with Gasteiger partial charge in [0.1, 0.15) is 5.54 Å². The molecule has 4 nitrogen and oxygen atoms in total. The van der Waals surface area contributed by atoms with Gasteiger partial charge in [-0.3, -0.25) is 9.80 Å². The number of hydrogen-bond donors (Lipinski definition) is 1. The Morgan fingerprint density at radius 2 is 2.18 bits per heavy atom. The molecule has 2 unspecified atom stereocenters. The normalized spacial score (nSPS) is 26.6. The van der Waals surface area contributed by atoms with Crippen molar-refractivity contribution in [3.63, 3.8) is 0 Å². The zero-order valence-corrected chi connectivity index (χ0v) is 16.9. The van der Waals surface area contributed by atoms with Crippen molar-refractivity contribution in [3.05, 3.63) is 83.2 Å². The summed E-state index contributed by atoms with van der Waals surface area (Å²) in [5, 5.41) is 2.63. The molecule has 1 saturated heterocycles. The molecule has 5 heteroatoms. The third-order valence-electron chi connectivity index (χ3n) is 5.76. The average Bonchev–Trinajstić information content (AvgIpc) is 3.12. The van der Waals surface area contributed by atoms with Crippen molar-refractivity contribution in [2.24, 2.45) is 0 Å². The van der Waals surface area contributed by atoms with E-state index in [2.05, 4.69) is 18.4 Å². The van der Waals surface area contributed by atoms with Crippen LogP contribution in [0.3, 0.4) is 0 Å². The summed E-state index contributed by atoms with van der Waals surface area (Å²) in [6.07, 6.45) is 18.1. The minimum atomic E-state index is -0.667. The van der Waals surface area contributed by atoms with Gasteiger partial charge in [0.15, 0.2) is 0 Å². The molecule has 3 aliphatic heterocycles. The van der Waals surface area contributed by atoms with E-state index in [1.165, 1.54) is 6.42 Å². The number of hydrazine groups is 1. The summed E-state index contributed by atoms with van der Waals surface area (Å²) in [5.74, 6) is 0.0779. The third-order valence-corrected chi connectivity index (χ3v) is 6.09. The Labute approximate surface area is 171 Å². The number of carbonyl (C=O) groups excluding carboxylic acids is 1. The van der Waals surface area contributed by atoms with Gasteiger partial charge in [-0.05, 0) is 56.1 Å². The molecule has 1 fully saturated rings. The topological polar surface area (TPSA) is 35.6 Å². The Bertz CT molecular complexity index is 872. The monoisotopic (exact) mass is 395 g/mol. The zero-order valence-electron chi connectivity index (χ0n) is 16.1. The number of benzene rings is 1. The molecule has 1 aromatic rings. The van der Waals surface area contributed by atoms with Crippen LogP contribution >= 0.6 is 11.6 Å². The van der Waals surface area contributed by atoms with Gasteiger partial charge in [0.05, 0.1) is 5.70 Å². The largest absolute Gasteiger partial charge is 0.336 e. The molecule has 3 heterocycles. The van der Waals surface area contributed by atoms with E-state index in [4.69, 9.17) is 11.6 Å². The van der Waals surface area contributed by atoms with Crippen molar-refractivity contribution >= 4 is 17.5 Å². The number of hydrogen-bond acceptors (Lipinski definition) is 3. The first-order valence-corrected chi connectivity index (χ1v) is 10.4. The summed E-state index contributed by atoms with van der Waals surface area (Å²) in [6.45, 7) is 3.00. The molecule has 1 aromatic carbocycles. The summed E-state index contributed by atoms with van der Waals surface area (Å²) in [4.78, 5) is 15.0. The first-order chi connectivity index (χ1) is 13.6. The van der Waals surface area contributed by atoms with E-state index in [0.717, 1.165) is 37.1 Å². The highest BCUT2D eigenvalue weighted by atomic mass is 35.5. The van der Waals surface area contributed by atoms with Crippen molar-refractivity contribution < 1.29 is 4.79 Å². The second-order valence-corrected chi connectivity index (χ2v) is 7.93. The van der Waals surface area contributed by atoms with Gasteiger partial charge in [-0.1, -0.05) is 42.8 Å². The second kappa shape index (κ2) is 7.98. The molecular weight excluding hydrogens is 370 g/mol. The fourth-order valence-electron chi connectivity index (χ4n) is 4.26. The number of likely N-dealkylation sites (tertiary alicyclic amines) is 1. The SMILES string of the molecule is CCC1CCCCN1C(=O)C=CC1(c2ccccc2Cl)C=C2C=CC=CN2N1. The molecule has 1 amide bonds. The van der Waals surface area contributed by atoms with Gasteiger partial charge < -0.3 is 4.90 Å². The number of nitrogens with one attached hydrogen (secondary N) is 1. The van der Waals surface area contributed by atoms with Gasteiger partial charge in [-0.25, -0.2) is 5.43 Å². The molecule has 1 N–H and O–H groups in total. The maximum atomic E-state index is 13.0. The molecule has 0 spiro atoms. The highest BCUT2D eigenvalue weighted by molar-refractivity contribution is 6.31. The minimum absolute atomic E-state index is 0.0779. The van der Waals surface area contributed by atoms with Crippen LogP contribution in [0.2, 0.25) is 5.02 Å². The molecule has 0 aliphatic carbocycles. The van der Waals surface area contributed by atoms with E-state index < -0.39 is 5.54 Å².